The molecule has 0 saturated carbocycles. The van der Waals surface area contributed by atoms with Crippen LogP contribution < -0.4 is 5.32 Å². The van der Waals surface area contributed by atoms with Crippen LogP contribution in [0.5, 0.6) is 0 Å². The van der Waals surface area contributed by atoms with Crippen LogP contribution in [0.25, 0.3) is 0 Å². The topological polar surface area (TPSA) is 34.2 Å². The number of halogens is 1. The van der Waals surface area contributed by atoms with E-state index in [1.54, 1.807) is 6.20 Å². The third-order valence-electron chi connectivity index (χ3n) is 1.98. The average Bonchev–Trinajstić information content (AvgIpc) is 2.21. The van der Waals surface area contributed by atoms with Crippen LogP contribution in [0, 0.1) is 0 Å². The Morgan fingerprint density at radius 1 is 1.54 bits per heavy atom. The summed E-state index contributed by atoms with van der Waals surface area (Å²) in [5, 5.41) is 3.28. The van der Waals surface area contributed by atoms with Crippen LogP contribution in [0.15, 0.2) is 24.5 Å². The molecule has 1 aromatic rings. The number of aromatic nitrogens is 1. The molecule has 4 heteroatoms. The number of nitrogens with zero attached hydrogens (tertiary/aromatic N) is 1. The van der Waals surface area contributed by atoms with E-state index in [4.69, 9.17) is 4.74 Å². The number of pyridine rings is 1. The third-order valence-corrected chi connectivity index (χ3v) is 1.98. The highest BCUT2D eigenvalue weighted by Gasteiger charge is 2.14. The average molecular weight is 201 g/mol. The minimum absolute atomic E-state index is 0. The largest absolute Gasteiger partial charge is 0.371 e. The molecular weight excluding hydrogens is 188 g/mol. The number of morpholine rings is 1. The molecule has 1 aromatic heterocycles. The second-order valence-corrected chi connectivity index (χ2v) is 2.85. The zero-order chi connectivity index (χ0) is 8.23. The summed E-state index contributed by atoms with van der Waals surface area (Å²) in [6.45, 7) is 2.64. The van der Waals surface area contributed by atoms with E-state index in [1.807, 2.05) is 18.3 Å². The highest BCUT2D eigenvalue weighted by atomic mass is 35.5. The van der Waals surface area contributed by atoms with Crippen LogP contribution in [0.2, 0.25) is 0 Å². The molecule has 0 aromatic carbocycles. The van der Waals surface area contributed by atoms with Crippen LogP contribution >= 0.6 is 12.4 Å². The molecule has 1 N–H and O–H groups in total. The lowest BCUT2D eigenvalue weighted by molar-refractivity contribution is 0.0275. The number of hydrogen-bond acceptors (Lipinski definition) is 3. The number of nitrogens with one attached hydrogen (secondary N) is 1. The molecule has 1 aliphatic heterocycles. The van der Waals surface area contributed by atoms with Gasteiger partial charge in [-0.15, -0.1) is 12.4 Å². The Kier molecular flexibility index (Phi) is 4.15. The van der Waals surface area contributed by atoms with Gasteiger partial charge in [-0.2, -0.15) is 0 Å². The number of ether oxygens (including phenoxy) is 1. The molecule has 0 amide bonds. The van der Waals surface area contributed by atoms with Gasteiger partial charge < -0.3 is 10.1 Å². The maximum atomic E-state index is 5.56. The Bertz CT molecular complexity index is 237. The second-order valence-electron chi connectivity index (χ2n) is 2.85. The normalized spacial score (nSPS) is 22.0. The van der Waals surface area contributed by atoms with Crippen LogP contribution in [0.4, 0.5) is 0 Å². The summed E-state index contributed by atoms with van der Waals surface area (Å²) in [5.74, 6) is 0. The van der Waals surface area contributed by atoms with Crippen molar-refractivity contribution in [2.24, 2.45) is 0 Å². The van der Waals surface area contributed by atoms with Gasteiger partial charge >= 0.3 is 0 Å². The van der Waals surface area contributed by atoms with E-state index in [1.165, 1.54) is 0 Å². The van der Waals surface area contributed by atoms with Gasteiger partial charge in [0.2, 0.25) is 0 Å². The smallest absolute Gasteiger partial charge is 0.0964 e. The van der Waals surface area contributed by atoms with E-state index in [0.29, 0.717) is 0 Å². The van der Waals surface area contributed by atoms with Crippen molar-refractivity contribution in [3.8, 4) is 0 Å². The van der Waals surface area contributed by atoms with Gasteiger partial charge in [0.05, 0.1) is 12.7 Å². The number of hydrogen-bond donors (Lipinski definition) is 1. The first-order valence-corrected chi connectivity index (χ1v) is 4.19. The zero-order valence-electron chi connectivity index (χ0n) is 7.27. The fraction of sp³-hybridized carbons (Fsp3) is 0.444. The lowest BCUT2D eigenvalue weighted by Crippen LogP contribution is -2.33. The van der Waals surface area contributed by atoms with E-state index in [2.05, 4.69) is 10.3 Å². The molecule has 1 fully saturated rings. The Hall–Kier alpha value is -0.640. The predicted octanol–water partition coefficient (Wildman–Crippen LogP) is 1.16. The lowest BCUT2D eigenvalue weighted by atomic mass is 10.1. The van der Waals surface area contributed by atoms with E-state index in [-0.39, 0.29) is 18.5 Å². The van der Waals surface area contributed by atoms with Crippen molar-refractivity contribution < 1.29 is 4.74 Å². The molecule has 1 atom stereocenters. The fourth-order valence-corrected chi connectivity index (χ4v) is 1.35. The van der Waals surface area contributed by atoms with Gasteiger partial charge in [-0.1, -0.05) is 6.07 Å². The Morgan fingerprint density at radius 2 is 2.46 bits per heavy atom. The van der Waals surface area contributed by atoms with Crippen molar-refractivity contribution in [2.75, 3.05) is 19.7 Å². The molecule has 2 heterocycles. The molecule has 13 heavy (non-hydrogen) atoms. The molecule has 3 nitrogen and oxygen atoms in total. The van der Waals surface area contributed by atoms with Crippen LogP contribution in [0.1, 0.15) is 11.7 Å². The van der Waals surface area contributed by atoms with E-state index in [9.17, 15) is 0 Å². The molecule has 0 bridgehead atoms. The summed E-state index contributed by atoms with van der Waals surface area (Å²) in [4.78, 5) is 4.05. The molecule has 1 unspecified atom stereocenters. The maximum Gasteiger partial charge on any atom is 0.0964 e. The van der Waals surface area contributed by atoms with Crippen LogP contribution in [-0.2, 0) is 4.74 Å². The van der Waals surface area contributed by atoms with Crippen LogP contribution in [0.3, 0.4) is 0 Å². The summed E-state index contributed by atoms with van der Waals surface area (Å²) >= 11 is 0. The number of rotatable bonds is 1. The molecule has 0 radical (unpaired) electrons. The van der Waals surface area contributed by atoms with Crippen LogP contribution in [-0.4, -0.2) is 24.7 Å². The van der Waals surface area contributed by atoms with E-state index in [0.717, 1.165) is 25.3 Å². The summed E-state index contributed by atoms with van der Waals surface area (Å²) < 4.78 is 5.56. The zero-order valence-corrected chi connectivity index (χ0v) is 8.09. The minimum atomic E-state index is 0. The second kappa shape index (κ2) is 5.17. The maximum absolute atomic E-state index is 5.56. The SMILES string of the molecule is Cl.c1cncc(C2CNCCO2)c1. The van der Waals surface area contributed by atoms with Gasteiger partial charge in [-0.25, -0.2) is 0 Å². The molecule has 2 rings (SSSR count). The Balaban J connectivity index is 0.000000845. The lowest BCUT2D eigenvalue weighted by Gasteiger charge is -2.23. The molecule has 0 spiro atoms. The molecule has 0 aliphatic carbocycles. The first-order valence-electron chi connectivity index (χ1n) is 4.19. The quantitative estimate of drug-likeness (QED) is 0.739. The van der Waals surface area contributed by atoms with Crippen molar-refractivity contribution >= 4 is 12.4 Å². The van der Waals surface area contributed by atoms with Crippen molar-refractivity contribution in [3.63, 3.8) is 0 Å². The molecule has 72 valence electrons. The van der Waals surface area contributed by atoms with Gasteiger partial charge in [0.1, 0.15) is 0 Å². The Labute approximate surface area is 83.9 Å². The van der Waals surface area contributed by atoms with Crippen molar-refractivity contribution in [3.05, 3.63) is 30.1 Å². The van der Waals surface area contributed by atoms with Crippen molar-refractivity contribution in [1.29, 1.82) is 0 Å². The van der Waals surface area contributed by atoms with Gasteiger partial charge in [-0.05, 0) is 6.07 Å². The Morgan fingerprint density at radius 3 is 3.08 bits per heavy atom. The highest BCUT2D eigenvalue weighted by Crippen LogP contribution is 2.16. The first-order chi connectivity index (χ1) is 5.97. The third kappa shape index (κ3) is 2.66. The summed E-state index contributed by atoms with van der Waals surface area (Å²) in [7, 11) is 0. The standard InChI is InChI=1S/C9H12N2O.ClH/c1-2-8(6-10-3-1)9-7-11-4-5-12-9;/h1-3,6,9,11H,4-5,7H2;1H. The summed E-state index contributed by atoms with van der Waals surface area (Å²) in [6, 6.07) is 3.98. The van der Waals surface area contributed by atoms with E-state index < -0.39 is 0 Å². The predicted molar refractivity (Wildman–Crippen MR) is 53.0 cm³/mol. The monoisotopic (exact) mass is 200 g/mol. The van der Waals surface area contributed by atoms with Crippen molar-refractivity contribution in [1.82, 2.24) is 10.3 Å². The summed E-state index contributed by atoms with van der Waals surface area (Å²) in [5.41, 5.74) is 1.16. The van der Waals surface area contributed by atoms with Gasteiger partial charge in [0.25, 0.3) is 0 Å². The van der Waals surface area contributed by atoms with Gasteiger partial charge in [0.15, 0.2) is 0 Å². The molecule has 1 aliphatic rings. The molecule has 1 saturated heterocycles. The van der Waals surface area contributed by atoms with Crippen molar-refractivity contribution in [2.45, 2.75) is 6.10 Å². The molecular formula is C9H13ClN2O. The summed E-state index contributed by atoms with van der Waals surface area (Å²) in [6.07, 6.45) is 3.82. The fourth-order valence-electron chi connectivity index (χ4n) is 1.35. The van der Waals surface area contributed by atoms with E-state index >= 15 is 0 Å². The minimum Gasteiger partial charge on any atom is -0.371 e. The van der Waals surface area contributed by atoms with Gasteiger partial charge in [0, 0.05) is 31.0 Å². The van der Waals surface area contributed by atoms with Gasteiger partial charge in [-0.3, -0.25) is 4.98 Å². The highest BCUT2D eigenvalue weighted by molar-refractivity contribution is 5.85. The first kappa shape index (κ1) is 10.4.